The van der Waals surface area contributed by atoms with Crippen LogP contribution in [0.2, 0.25) is 0 Å². The van der Waals surface area contributed by atoms with E-state index in [2.05, 4.69) is 31.4 Å². The van der Waals surface area contributed by atoms with Crippen LogP contribution in [-0.4, -0.2) is 40.6 Å². The predicted molar refractivity (Wildman–Crippen MR) is 115 cm³/mol. The molecule has 0 atom stereocenters. The fourth-order valence-corrected chi connectivity index (χ4v) is 3.84. The molecule has 1 N–H and O–H groups in total. The fourth-order valence-electron chi connectivity index (χ4n) is 2.66. The van der Waals surface area contributed by atoms with Gasteiger partial charge in [-0.3, -0.25) is 9.36 Å². The second-order valence-electron chi connectivity index (χ2n) is 6.28. The lowest BCUT2D eigenvalue weighted by atomic mass is 10.2. The number of hydrogen-bond donors (Lipinski definition) is 1. The minimum Gasteiger partial charge on any atom is -0.497 e. The van der Waals surface area contributed by atoms with Gasteiger partial charge in [-0.05, 0) is 54.0 Å². The molecular weight excluding hydrogens is 460 g/mol. The van der Waals surface area contributed by atoms with Crippen LogP contribution in [0.1, 0.15) is 19.9 Å². The summed E-state index contributed by atoms with van der Waals surface area (Å²) in [5.41, 5.74) is 0.574. The van der Waals surface area contributed by atoms with E-state index >= 15 is 0 Å². The number of methoxy groups -OCH3 is 2. The van der Waals surface area contributed by atoms with Gasteiger partial charge >= 0.3 is 0 Å². The molecule has 3 aromatic rings. The third-order valence-electron chi connectivity index (χ3n) is 3.99. The van der Waals surface area contributed by atoms with Crippen molar-refractivity contribution < 1.29 is 18.7 Å². The number of ether oxygens (including phenoxy) is 2. The summed E-state index contributed by atoms with van der Waals surface area (Å²) >= 11 is 4.60. The first-order valence-electron chi connectivity index (χ1n) is 8.78. The molecule has 0 aliphatic rings. The highest BCUT2D eigenvalue weighted by molar-refractivity contribution is 9.10. The highest BCUT2D eigenvalue weighted by Gasteiger charge is 2.20. The minimum atomic E-state index is -0.181. The number of furan rings is 1. The molecule has 0 fully saturated rings. The summed E-state index contributed by atoms with van der Waals surface area (Å²) in [7, 11) is 3.11. The maximum Gasteiger partial charge on any atom is 0.234 e. The van der Waals surface area contributed by atoms with Gasteiger partial charge in [0.1, 0.15) is 11.5 Å². The summed E-state index contributed by atoms with van der Waals surface area (Å²) < 4.78 is 18.6. The van der Waals surface area contributed by atoms with Gasteiger partial charge in [-0.2, -0.15) is 0 Å². The van der Waals surface area contributed by atoms with Crippen molar-refractivity contribution >= 4 is 39.3 Å². The quantitative estimate of drug-likeness (QED) is 0.469. The Morgan fingerprint density at radius 1 is 1.24 bits per heavy atom. The van der Waals surface area contributed by atoms with Crippen molar-refractivity contribution in [2.75, 3.05) is 25.3 Å². The molecule has 2 aromatic heterocycles. The van der Waals surface area contributed by atoms with Gasteiger partial charge in [0.2, 0.25) is 11.7 Å². The SMILES string of the molecule is COc1ccc(NC(=O)CSc2nnc(-c3ccc(Br)o3)n2C(C)C)c(OC)c1. The lowest BCUT2D eigenvalue weighted by Crippen LogP contribution is -2.15. The maximum absolute atomic E-state index is 12.5. The lowest BCUT2D eigenvalue weighted by molar-refractivity contribution is -0.113. The van der Waals surface area contributed by atoms with Gasteiger partial charge in [0.05, 0.1) is 25.7 Å². The zero-order valence-electron chi connectivity index (χ0n) is 16.4. The summed E-state index contributed by atoms with van der Waals surface area (Å²) in [6.07, 6.45) is 0. The topological polar surface area (TPSA) is 91.4 Å². The van der Waals surface area contributed by atoms with Crippen LogP contribution in [0, 0.1) is 0 Å². The van der Waals surface area contributed by atoms with Crippen molar-refractivity contribution in [2.24, 2.45) is 0 Å². The molecule has 0 bridgehead atoms. The average Bonchev–Trinajstić information content (AvgIpc) is 3.32. The Morgan fingerprint density at radius 3 is 2.66 bits per heavy atom. The van der Waals surface area contributed by atoms with Crippen molar-refractivity contribution in [2.45, 2.75) is 25.0 Å². The van der Waals surface area contributed by atoms with Gasteiger partial charge in [-0.25, -0.2) is 0 Å². The molecule has 1 amide bonds. The number of anilines is 1. The van der Waals surface area contributed by atoms with Crippen molar-refractivity contribution in [3.8, 4) is 23.1 Å². The zero-order chi connectivity index (χ0) is 21.0. The maximum atomic E-state index is 12.5. The Morgan fingerprint density at radius 2 is 2.03 bits per heavy atom. The van der Waals surface area contributed by atoms with Gasteiger partial charge in [-0.1, -0.05) is 11.8 Å². The van der Waals surface area contributed by atoms with E-state index in [0.717, 1.165) is 0 Å². The summed E-state index contributed by atoms with van der Waals surface area (Å²) in [4.78, 5) is 12.5. The molecule has 10 heteroatoms. The van der Waals surface area contributed by atoms with E-state index in [1.165, 1.54) is 11.8 Å². The molecule has 0 saturated carbocycles. The Labute approximate surface area is 181 Å². The van der Waals surface area contributed by atoms with Crippen molar-refractivity contribution in [3.05, 3.63) is 35.0 Å². The van der Waals surface area contributed by atoms with E-state index in [1.807, 2.05) is 24.5 Å². The number of thioether (sulfide) groups is 1. The molecule has 0 radical (unpaired) electrons. The van der Waals surface area contributed by atoms with Crippen LogP contribution >= 0.6 is 27.7 Å². The summed E-state index contributed by atoms with van der Waals surface area (Å²) in [5.74, 6) is 2.39. The Bertz CT molecular complexity index is 1000. The van der Waals surface area contributed by atoms with Crippen LogP contribution in [0.15, 0.2) is 44.6 Å². The van der Waals surface area contributed by atoms with E-state index < -0.39 is 0 Å². The van der Waals surface area contributed by atoms with Gasteiger partial charge in [0.15, 0.2) is 15.6 Å². The summed E-state index contributed by atoms with van der Waals surface area (Å²) in [5, 5.41) is 12.0. The van der Waals surface area contributed by atoms with Gasteiger partial charge < -0.3 is 19.2 Å². The fraction of sp³-hybridized carbons (Fsp3) is 0.316. The average molecular weight is 481 g/mol. The number of nitrogens with one attached hydrogen (secondary N) is 1. The number of hydrogen-bond acceptors (Lipinski definition) is 7. The number of carbonyl (C=O) groups is 1. The number of aromatic nitrogens is 3. The van der Waals surface area contributed by atoms with Gasteiger partial charge in [-0.15, -0.1) is 10.2 Å². The number of halogens is 1. The highest BCUT2D eigenvalue weighted by atomic mass is 79.9. The molecule has 154 valence electrons. The second kappa shape index (κ2) is 9.36. The standard InChI is InChI=1S/C19H21BrN4O4S/c1-11(2)24-18(14-7-8-16(20)28-14)22-23-19(24)29-10-17(25)21-13-6-5-12(26-3)9-15(13)27-4/h5-9,11H,10H2,1-4H3,(H,21,25). The number of nitrogens with zero attached hydrogens (tertiary/aromatic N) is 3. The van der Waals surface area contributed by atoms with Crippen LogP contribution in [0.25, 0.3) is 11.6 Å². The van der Waals surface area contributed by atoms with Crippen LogP contribution in [0.3, 0.4) is 0 Å². The minimum absolute atomic E-state index is 0.0936. The molecule has 8 nitrogen and oxygen atoms in total. The Balaban J connectivity index is 1.71. The molecule has 0 aliphatic carbocycles. The third kappa shape index (κ3) is 4.94. The first-order valence-corrected chi connectivity index (χ1v) is 10.6. The predicted octanol–water partition coefficient (Wildman–Crippen LogP) is 4.63. The van der Waals surface area contributed by atoms with Crippen molar-refractivity contribution in [1.82, 2.24) is 14.8 Å². The first-order chi connectivity index (χ1) is 13.9. The van der Waals surface area contributed by atoms with Crippen LogP contribution < -0.4 is 14.8 Å². The highest BCUT2D eigenvalue weighted by Crippen LogP contribution is 2.31. The van der Waals surface area contributed by atoms with Gasteiger partial charge in [0, 0.05) is 12.1 Å². The van der Waals surface area contributed by atoms with Crippen LogP contribution in [-0.2, 0) is 4.79 Å². The number of benzene rings is 1. The number of rotatable bonds is 8. The number of carbonyl (C=O) groups excluding carboxylic acids is 1. The summed E-state index contributed by atoms with van der Waals surface area (Å²) in [6.45, 7) is 4.05. The largest absolute Gasteiger partial charge is 0.497 e. The Hall–Kier alpha value is -2.46. The molecule has 3 rings (SSSR count). The van der Waals surface area contributed by atoms with E-state index in [1.54, 1.807) is 38.5 Å². The smallest absolute Gasteiger partial charge is 0.234 e. The monoisotopic (exact) mass is 480 g/mol. The lowest BCUT2D eigenvalue weighted by Gasteiger charge is -2.13. The second-order valence-corrected chi connectivity index (χ2v) is 8.00. The van der Waals surface area contributed by atoms with E-state index in [9.17, 15) is 4.79 Å². The molecule has 29 heavy (non-hydrogen) atoms. The molecule has 2 heterocycles. The van der Waals surface area contributed by atoms with E-state index in [-0.39, 0.29) is 17.7 Å². The van der Waals surface area contributed by atoms with Crippen molar-refractivity contribution in [1.29, 1.82) is 0 Å². The molecular formula is C19H21BrN4O4S. The van der Waals surface area contributed by atoms with Crippen LogP contribution in [0.5, 0.6) is 11.5 Å². The molecule has 0 aliphatic heterocycles. The van der Waals surface area contributed by atoms with Gasteiger partial charge in [0.25, 0.3) is 0 Å². The normalized spacial score (nSPS) is 11.0. The number of amides is 1. The first kappa shape index (κ1) is 21.3. The Kier molecular flexibility index (Phi) is 6.86. The summed E-state index contributed by atoms with van der Waals surface area (Å²) in [6, 6.07) is 8.93. The van der Waals surface area contributed by atoms with Crippen molar-refractivity contribution in [3.63, 3.8) is 0 Å². The third-order valence-corrected chi connectivity index (χ3v) is 5.36. The zero-order valence-corrected chi connectivity index (χ0v) is 18.8. The molecule has 1 aromatic carbocycles. The molecule has 0 spiro atoms. The van der Waals surface area contributed by atoms with E-state index in [4.69, 9.17) is 13.9 Å². The molecule has 0 unspecified atom stereocenters. The molecule has 0 saturated heterocycles. The van der Waals surface area contributed by atoms with E-state index in [0.29, 0.717) is 38.6 Å². The van der Waals surface area contributed by atoms with Crippen LogP contribution in [0.4, 0.5) is 5.69 Å².